The highest BCUT2D eigenvalue weighted by molar-refractivity contribution is 6.08. The van der Waals surface area contributed by atoms with Gasteiger partial charge in [0.1, 0.15) is 17.9 Å². The van der Waals surface area contributed by atoms with Gasteiger partial charge in [-0.05, 0) is 43.7 Å². The van der Waals surface area contributed by atoms with Crippen molar-refractivity contribution in [3.05, 3.63) is 77.0 Å². The molecular formula is C26H27N3O8. The molecule has 2 aliphatic rings. The lowest BCUT2D eigenvalue weighted by molar-refractivity contribution is -0.153. The Hall–Kier alpha value is -4.54. The molecule has 1 N–H and O–H groups in total. The molecule has 0 saturated heterocycles. The van der Waals surface area contributed by atoms with Crippen molar-refractivity contribution in [3.63, 3.8) is 0 Å². The number of nitrogens with one attached hydrogen (secondary N) is 1. The maximum absolute atomic E-state index is 13.2. The Morgan fingerprint density at radius 1 is 1.05 bits per heavy atom. The third kappa shape index (κ3) is 4.67. The second-order valence-electron chi connectivity index (χ2n) is 8.10. The first-order valence-electron chi connectivity index (χ1n) is 11.5. The van der Waals surface area contributed by atoms with E-state index < -0.39 is 29.8 Å². The Morgan fingerprint density at radius 2 is 1.76 bits per heavy atom. The van der Waals surface area contributed by atoms with Crippen LogP contribution in [-0.2, 0) is 35.1 Å². The average molecular weight is 510 g/mol. The summed E-state index contributed by atoms with van der Waals surface area (Å²) in [6, 6.07) is 15.9. The molecule has 0 spiro atoms. The van der Waals surface area contributed by atoms with Crippen molar-refractivity contribution in [1.29, 1.82) is 0 Å². The molecule has 11 heteroatoms. The Morgan fingerprint density at radius 3 is 2.38 bits per heavy atom. The number of benzene rings is 2. The molecule has 194 valence electrons. The summed E-state index contributed by atoms with van der Waals surface area (Å²) in [5.41, 5.74) is 2.04. The number of hydrogen-bond donors (Lipinski definition) is 1. The van der Waals surface area contributed by atoms with Crippen molar-refractivity contribution in [2.24, 2.45) is 4.99 Å². The van der Waals surface area contributed by atoms with Gasteiger partial charge in [-0.3, -0.25) is 0 Å². The zero-order valence-electron chi connectivity index (χ0n) is 20.8. The van der Waals surface area contributed by atoms with E-state index in [9.17, 15) is 14.4 Å². The number of hydrazine groups is 1. The van der Waals surface area contributed by atoms with Gasteiger partial charge in [0.05, 0.1) is 20.8 Å². The van der Waals surface area contributed by atoms with Crippen LogP contribution in [0.1, 0.15) is 25.0 Å². The number of amides is 1. The molecule has 0 aromatic heterocycles. The van der Waals surface area contributed by atoms with Crippen molar-refractivity contribution in [2.45, 2.75) is 32.2 Å². The lowest BCUT2D eigenvalue weighted by atomic mass is 9.90. The molecule has 0 saturated carbocycles. The highest BCUT2D eigenvalue weighted by Crippen LogP contribution is 2.45. The second kappa shape index (κ2) is 10.6. The third-order valence-electron chi connectivity index (χ3n) is 5.93. The number of esters is 2. The fourth-order valence-electron chi connectivity index (χ4n) is 4.19. The largest absolute Gasteiger partial charge is 0.497 e. The molecule has 2 heterocycles. The molecule has 2 aliphatic heterocycles. The number of fused-ring (bicyclic) bond motifs is 1. The molecule has 2 atom stereocenters. The normalized spacial score (nSPS) is 19.9. The Kier molecular flexibility index (Phi) is 7.32. The van der Waals surface area contributed by atoms with Crippen molar-refractivity contribution >= 4 is 23.9 Å². The first-order chi connectivity index (χ1) is 17.8. The van der Waals surface area contributed by atoms with E-state index >= 15 is 0 Å². The standard InChI is InChI=1S/C26H27N3O8/c1-5-35-22(30)20-16(2)29(28-25(32)36-15-17-11-13-19(33-3)14-12-17)23-26(20,24(31)34-4)27-21(37-23)18-9-7-6-8-10-18/h6-14,23H,5,15H2,1-4H3,(H,28,32). The summed E-state index contributed by atoms with van der Waals surface area (Å²) in [4.78, 5) is 43.6. The van der Waals surface area contributed by atoms with Gasteiger partial charge in [-0.15, -0.1) is 0 Å². The maximum atomic E-state index is 13.2. The molecule has 0 bridgehead atoms. The first kappa shape index (κ1) is 25.5. The minimum absolute atomic E-state index is 0.0312. The minimum Gasteiger partial charge on any atom is -0.497 e. The lowest BCUT2D eigenvalue weighted by Gasteiger charge is -2.30. The zero-order valence-corrected chi connectivity index (χ0v) is 20.8. The summed E-state index contributed by atoms with van der Waals surface area (Å²) in [6.45, 7) is 3.21. The number of aliphatic imine (C=N–C) groups is 1. The molecule has 11 nitrogen and oxygen atoms in total. The number of rotatable bonds is 8. The Labute approximate surface area is 213 Å². The van der Waals surface area contributed by atoms with E-state index in [1.165, 1.54) is 12.1 Å². The number of methoxy groups -OCH3 is 2. The highest BCUT2D eigenvalue weighted by atomic mass is 16.6. The molecule has 1 amide bonds. The van der Waals surface area contributed by atoms with Gasteiger partial charge in [0.2, 0.25) is 12.1 Å². The minimum atomic E-state index is -1.93. The molecule has 2 aromatic carbocycles. The fourth-order valence-corrected chi connectivity index (χ4v) is 4.19. The van der Waals surface area contributed by atoms with Crippen LogP contribution < -0.4 is 10.2 Å². The Balaban J connectivity index is 1.65. The molecule has 0 fully saturated rings. The summed E-state index contributed by atoms with van der Waals surface area (Å²) in [6.07, 6.45) is -2.10. The highest BCUT2D eigenvalue weighted by Gasteiger charge is 2.67. The summed E-state index contributed by atoms with van der Waals surface area (Å²) in [5, 5.41) is 1.24. The number of nitrogens with zero attached hydrogens (tertiary/aromatic N) is 2. The molecule has 0 radical (unpaired) electrons. The fraction of sp³-hybridized carbons (Fsp3) is 0.308. The summed E-state index contributed by atoms with van der Waals surface area (Å²) >= 11 is 0. The number of allylic oxidation sites excluding steroid dienone is 1. The van der Waals surface area contributed by atoms with Crippen LogP contribution in [0.25, 0.3) is 0 Å². The van der Waals surface area contributed by atoms with Gasteiger partial charge in [-0.1, -0.05) is 30.3 Å². The number of carbonyl (C=O) groups excluding carboxylic acids is 3. The zero-order chi connectivity index (χ0) is 26.6. The van der Waals surface area contributed by atoms with Crippen LogP contribution in [0.2, 0.25) is 0 Å². The Bertz CT molecular complexity index is 1240. The summed E-state index contributed by atoms with van der Waals surface area (Å²) in [7, 11) is 2.74. The number of ether oxygens (including phenoxy) is 5. The van der Waals surface area contributed by atoms with Crippen LogP contribution >= 0.6 is 0 Å². The number of hydrogen-bond acceptors (Lipinski definition) is 10. The van der Waals surface area contributed by atoms with Gasteiger partial charge in [-0.2, -0.15) is 0 Å². The molecule has 4 rings (SSSR count). The molecule has 2 aromatic rings. The van der Waals surface area contributed by atoms with Gasteiger partial charge in [-0.25, -0.2) is 29.8 Å². The van der Waals surface area contributed by atoms with Gasteiger partial charge in [0.15, 0.2) is 0 Å². The van der Waals surface area contributed by atoms with Crippen LogP contribution in [0.5, 0.6) is 5.75 Å². The van der Waals surface area contributed by atoms with E-state index in [4.69, 9.17) is 23.7 Å². The van der Waals surface area contributed by atoms with E-state index in [2.05, 4.69) is 10.4 Å². The first-order valence-corrected chi connectivity index (χ1v) is 11.5. The van der Waals surface area contributed by atoms with E-state index in [-0.39, 0.29) is 30.4 Å². The third-order valence-corrected chi connectivity index (χ3v) is 5.93. The van der Waals surface area contributed by atoms with Crippen molar-refractivity contribution < 1.29 is 38.1 Å². The van der Waals surface area contributed by atoms with Crippen molar-refractivity contribution in [1.82, 2.24) is 10.4 Å². The summed E-state index contributed by atoms with van der Waals surface area (Å²) in [5.74, 6) is -0.859. The predicted octanol–water partition coefficient (Wildman–Crippen LogP) is 2.70. The van der Waals surface area contributed by atoms with Gasteiger partial charge >= 0.3 is 18.0 Å². The topological polar surface area (TPSA) is 125 Å². The number of carbonyl (C=O) groups is 3. The van der Waals surface area contributed by atoms with E-state index in [1.54, 1.807) is 69.5 Å². The van der Waals surface area contributed by atoms with Gasteiger partial charge in [0.25, 0.3) is 5.54 Å². The van der Waals surface area contributed by atoms with E-state index in [0.717, 1.165) is 5.56 Å². The SMILES string of the molecule is CCOC(=O)C1=C(C)N(NC(=O)OCc2ccc(OC)cc2)C2OC(c3ccccc3)=NC12C(=O)OC. The second-order valence-corrected chi connectivity index (χ2v) is 8.10. The van der Waals surface area contributed by atoms with Gasteiger partial charge in [0, 0.05) is 11.3 Å². The van der Waals surface area contributed by atoms with Crippen LogP contribution in [0.4, 0.5) is 4.79 Å². The van der Waals surface area contributed by atoms with Crippen LogP contribution in [0, 0.1) is 0 Å². The van der Waals surface area contributed by atoms with Gasteiger partial charge < -0.3 is 23.7 Å². The average Bonchev–Trinajstić information content (AvgIpc) is 3.41. The predicted molar refractivity (Wildman–Crippen MR) is 130 cm³/mol. The molecule has 37 heavy (non-hydrogen) atoms. The molecule has 2 unspecified atom stereocenters. The molecular weight excluding hydrogens is 482 g/mol. The van der Waals surface area contributed by atoms with Crippen LogP contribution in [-0.4, -0.2) is 61.5 Å². The van der Waals surface area contributed by atoms with Crippen LogP contribution in [0.15, 0.2) is 70.9 Å². The van der Waals surface area contributed by atoms with Crippen molar-refractivity contribution in [3.8, 4) is 5.75 Å². The monoisotopic (exact) mass is 509 g/mol. The summed E-state index contributed by atoms with van der Waals surface area (Å²) < 4.78 is 26.8. The lowest BCUT2D eigenvalue weighted by Crippen LogP contribution is -2.55. The van der Waals surface area contributed by atoms with Crippen LogP contribution in [0.3, 0.4) is 0 Å². The van der Waals surface area contributed by atoms with Crippen molar-refractivity contribution in [2.75, 3.05) is 20.8 Å². The van der Waals surface area contributed by atoms with E-state index in [0.29, 0.717) is 11.3 Å². The molecule has 0 aliphatic carbocycles. The quantitative estimate of drug-likeness (QED) is 0.422. The smallest absolute Gasteiger partial charge is 0.426 e. The van der Waals surface area contributed by atoms with E-state index in [1.807, 2.05) is 6.07 Å². The maximum Gasteiger partial charge on any atom is 0.426 e.